The second-order valence-electron chi connectivity index (χ2n) is 6.22. The molecule has 2 rings (SSSR count). The van der Waals surface area contributed by atoms with Gasteiger partial charge in [0.05, 0.1) is 14.0 Å². The van der Waals surface area contributed by atoms with Gasteiger partial charge in [-0.1, -0.05) is 79.8 Å². The minimum absolute atomic E-state index is 0.0921. The van der Waals surface area contributed by atoms with Gasteiger partial charge in [-0.05, 0) is 12.8 Å². The zero-order valence-corrected chi connectivity index (χ0v) is 13.5. The van der Waals surface area contributed by atoms with Gasteiger partial charge in [0, 0.05) is 0 Å². The first-order valence-electron chi connectivity index (χ1n) is 7.96. The van der Waals surface area contributed by atoms with Gasteiger partial charge < -0.3 is 5.11 Å². The number of carboxylic acids is 1. The third kappa shape index (κ3) is 3.51. The Kier molecular flexibility index (Phi) is 5.41. The molecule has 0 aromatic heterocycles. The summed E-state index contributed by atoms with van der Waals surface area (Å²) in [5.74, 6) is -0.681. The van der Waals surface area contributed by atoms with Crippen LogP contribution in [0.15, 0.2) is 30.3 Å². The molecule has 110 valence electrons. The van der Waals surface area contributed by atoms with E-state index in [-0.39, 0.29) is 5.92 Å². The van der Waals surface area contributed by atoms with Crippen LogP contribution in [-0.4, -0.2) is 19.1 Å². The number of hydrogen-bond acceptors (Lipinski definition) is 1. The van der Waals surface area contributed by atoms with Crippen LogP contribution in [0.25, 0.3) is 0 Å². The molecule has 0 bridgehead atoms. The zero-order chi connectivity index (χ0) is 14.4. The lowest BCUT2D eigenvalue weighted by molar-refractivity contribution is -0.142. The third-order valence-corrected chi connectivity index (χ3v) is 10.3. The molecule has 1 heterocycles. The Bertz CT molecular complexity index is 422. The maximum atomic E-state index is 11.2. The highest BCUT2D eigenvalue weighted by atomic mass is 28.3. The SMILES string of the molecule is CCCCC[Si]1(c2ccccc2)CCC(C(=O)O)CC1. The van der Waals surface area contributed by atoms with Gasteiger partial charge in [-0.15, -0.1) is 0 Å². The van der Waals surface area contributed by atoms with Gasteiger partial charge in [-0.2, -0.15) is 0 Å². The van der Waals surface area contributed by atoms with Crippen molar-refractivity contribution in [3.05, 3.63) is 30.3 Å². The first-order valence-corrected chi connectivity index (χ1v) is 10.6. The van der Waals surface area contributed by atoms with Crippen molar-refractivity contribution in [1.82, 2.24) is 0 Å². The number of carboxylic acid groups (broad SMARTS) is 1. The lowest BCUT2D eigenvalue weighted by Crippen LogP contribution is -2.50. The van der Waals surface area contributed by atoms with Crippen molar-refractivity contribution in [2.75, 3.05) is 0 Å². The fourth-order valence-electron chi connectivity index (χ4n) is 3.61. The third-order valence-electron chi connectivity index (χ3n) is 4.94. The van der Waals surface area contributed by atoms with Crippen molar-refractivity contribution >= 4 is 19.2 Å². The van der Waals surface area contributed by atoms with Gasteiger partial charge in [-0.25, -0.2) is 0 Å². The van der Waals surface area contributed by atoms with E-state index >= 15 is 0 Å². The number of aliphatic carboxylic acids is 1. The van der Waals surface area contributed by atoms with Gasteiger partial charge in [0.1, 0.15) is 0 Å². The molecular formula is C17H26O2Si. The van der Waals surface area contributed by atoms with Gasteiger partial charge in [0.25, 0.3) is 0 Å². The highest BCUT2D eigenvalue weighted by Gasteiger charge is 2.40. The summed E-state index contributed by atoms with van der Waals surface area (Å²) in [7, 11) is -1.45. The van der Waals surface area contributed by atoms with E-state index in [1.807, 2.05) is 0 Å². The molecule has 1 aliphatic heterocycles. The molecule has 1 N–H and O–H groups in total. The molecule has 2 nitrogen and oxygen atoms in total. The number of carbonyl (C=O) groups is 1. The van der Waals surface area contributed by atoms with E-state index < -0.39 is 14.0 Å². The molecule has 0 saturated carbocycles. The van der Waals surface area contributed by atoms with E-state index in [1.165, 1.54) is 25.3 Å². The maximum absolute atomic E-state index is 11.2. The summed E-state index contributed by atoms with van der Waals surface area (Å²) in [6.07, 6.45) is 5.67. The van der Waals surface area contributed by atoms with E-state index in [1.54, 1.807) is 5.19 Å². The Morgan fingerprint density at radius 1 is 1.20 bits per heavy atom. The second kappa shape index (κ2) is 7.07. The van der Waals surface area contributed by atoms with Crippen LogP contribution >= 0.6 is 0 Å². The quantitative estimate of drug-likeness (QED) is 0.634. The molecule has 0 aliphatic carbocycles. The molecule has 0 radical (unpaired) electrons. The minimum atomic E-state index is -1.45. The van der Waals surface area contributed by atoms with E-state index in [2.05, 4.69) is 37.3 Å². The molecule has 1 aliphatic rings. The van der Waals surface area contributed by atoms with Crippen LogP contribution in [0.5, 0.6) is 0 Å². The number of rotatable bonds is 6. The fourth-order valence-corrected chi connectivity index (χ4v) is 8.85. The molecule has 1 saturated heterocycles. The molecule has 1 fully saturated rings. The van der Waals surface area contributed by atoms with Crippen LogP contribution in [0, 0.1) is 5.92 Å². The van der Waals surface area contributed by atoms with Crippen LogP contribution in [0.4, 0.5) is 0 Å². The van der Waals surface area contributed by atoms with E-state index in [0.717, 1.165) is 24.9 Å². The molecule has 20 heavy (non-hydrogen) atoms. The number of hydrogen-bond donors (Lipinski definition) is 1. The zero-order valence-electron chi connectivity index (χ0n) is 12.5. The smallest absolute Gasteiger partial charge is 0.306 e. The summed E-state index contributed by atoms with van der Waals surface area (Å²) in [6, 6.07) is 14.6. The predicted octanol–water partition coefficient (Wildman–Crippen LogP) is 4.03. The molecular weight excluding hydrogens is 264 g/mol. The predicted molar refractivity (Wildman–Crippen MR) is 86.1 cm³/mol. The monoisotopic (exact) mass is 290 g/mol. The standard InChI is InChI=1S/C17H26O2Si/c1-2-3-7-12-20(16-8-5-4-6-9-16)13-10-15(11-14-20)17(18)19/h4-6,8-9,15H,2-3,7,10-14H2,1H3,(H,18,19). The van der Waals surface area contributed by atoms with E-state index in [0.29, 0.717) is 0 Å². The second-order valence-corrected chi connectivity index (χ2v) is 10.9. The summed E-state index contributed by atoms with van der Waals surface area (Å²) in [6.45, 7) is 2.25. The van der Waals surface area contributed by atoms with Crippen molar-refractivity contribution in [3.63, 3.8) is 0 Å². The highest BCUT2D eigenvalue weighted by molar-refractivity contribution is 6.92. The first-order chi connectivity index (χ1) is 9.68. The lowest BCUT2D eigenvalue weighted by atomic mass is 10.0. The molecule has 1 aromatic rings. The minimum Gasteiger partial charge on any atom is -0.481 e. The topological polar surface area (TPSA) is 37.3 Å². The molecule has 0 unspecified atom stereocenters. The Hall–Kier alpha value is -1.09. The Morgan fingerprint density at radius 3 is 2.40 bits per heavy atom. The van der Waals surface area contributed by atoms with Crippen LogP contribution in [-0.2, 0) is 4.79 Å². The summed E-state index contributed by atoms with van der Waals surface area (Å²) in [4.78, 5) is 11.2. The van der Waals surface area contributed by atoms with Crippen molar-refractivity contribution in [2.24, 2.45) is 5.92 Å². The van der Waals surface area contributed by atoms with Crippen molar-refractivity contribution in [1.29, 1.82) is 0 Å². The highest BCUT2D eigenvalue weighted by Crippen LogP contribution is 2.36. The summed E-state index contributed by atoms with van der Waals surface area (Å²) >= 11 is 0. The molecule has 0 atom stereocenters. The molecule has 3 heteroatoms. The average Bonchev–Trinajstić information content (AvgIpc) is 2.49. The van der Waals surface area contributed by atoms with Gasteiger partial charge in [0.15, 0.2) is 0 Å². The Balaban J connectivity index is 2.12. The molecule has 0 spiro atoms. The fraction of sp³-hybridized carbons (Fsp3) is 0.588. The summed E-state index contributed by atoms with van der Waals surface area (Å²) in [5, 5.41) is 10.8. The average molecular weight is 290 g/mol. The van der Waals surface area contributed by atoms with Crippen molar-refractivity contribution in [2.45, 2.75) is 57.2 Å². The number of unbranched alkanes of at least 4 members (excludes halogenated alkanes) is 2. The van der Waals surface area contributed by atoms with Gasteiger partial charge >= 0.3 is 5.97 Å². The number of benzene rings is 1. The summed E-state index contributed by atoms with van der Waals surface area (Å²) < 4.78 is 0. The first kappa shape index (κ1) is 15.3. The largest absolute Gasteiger partial charge is 0.481 e. The van der Waals surface area contributed by atoms with Crippen molar-refractivity contribution < 1.29 is 9.90 Å². The van der Waals surface area contributed by atoms with Crippen LogP contribution in [0.2, 0.25) is 18.1 Å². The van der Waals surface area contributed by atoms with E-state index in [4.69, 9.17) is 0 Å². The van der Waals surface area contributed by atoms with Crippen LogP contribution in [0.1, 0.15) is 39.0 Å². The van der Waals surface area contributed by atoms with Gasteiger partial charge in [-0.3, -0.25) is 4.79 Å². The maximum Gasteiger partial charge on any atom is 0.306 e. The normalized spacial score (nSPS) is 26.4. The van der Waals surface area contributed by atoms with Crippen LogP contribution in [0.3, 0.4) is 0 Å². The lowest BCUT2D eigenvalue weighted by Gasteiger charge is -2.38. The Morgan fingerprint density at radius 2 is 1.85 bits per heavy atom. The molecule has 0 amide bonds. The van der Waals surface area contributed by atoms with Gasteiger partial charge in [0.2, 0.25) is 0 Å². The van der Waals surface area contributed by atoms with E-state index in [9.17, 15) is 9.90 Å². The summed E-state index contributed by atoms with van der Waals surface area (Å²) in [5.41, 5.74) is 0. The molecule has 1 aromatic carbocycles. The van der Waals surface area contributed by atoms with Crippen LogP contribution < -0.4 is 5.19 Å². The van der Waals surface area contributed by atoms with Crippen molar-refractivity contribution in [3.8, 4) is 0 Å². The Labute approximate surface area is 123 Å².